The second-order valence-electron chi connectivity index (χ2n) is 6.73. The van der Waals surface area contributed by atoms with E-state index in [1.54, 1.807) is 0 Å². The molecule has 0 aromatic heterocycles. The summed E-state index contributed by atoms with van der Waals surface area (Å²) in [6.45, 7) is 10.6. The van der Waals surface area contributed by atoms with Gasteiger partial charge in [-0.05, 0) is 50.3 Å². The van der Waals surface area contributed by atoms with Gasteiger partial charge in [0.15, 0.2) is 5.96 Å². The number of nitrogens with zero attached hydrogens (tertiary/aromatic N) is 2. The number of anilines is 1. The molecule has 0 spiro atoms. The highest BCUT2D eigenvalue weighted by Gasteiger charge is 2.29. The number of nitrogens with one attached hydrogen (secondary N) is 1. The molecule has 1 aromatic carbocycles. The summed E-state index contributed by atoms with van der Waals surface area (Å²) < 4.78 is 0. The van der Waals surface area contributed by atoms with E-state index in [0.29, 0.717) is 17.9 Å². The van der Waals surface area contributed by atoms with E-state index in [4.69, 9.17) is 5.73 Å². The van der Waals surface area contributed by atoms with E-state index in [1.807, 2.05) is 6.07 Å². The van der Waals surface area contributed by atoms with Crippen molar-refractivity contribution in [2.45, 2.75) is 58.5 Å². The zero-order valence-corrected chi connectivity index (χ0v) is 14.3. The van der Waals surface area contributed by atoms with Crippen LogP contribution in [0.3, 0.4) is 0 Å². The standard InChI is InChI=1S/C18H30N4/c1-13(2)15-6-5-7-16(12-15)21-18(19)20-10-11-22(14(3)4)17-8-9-17/h5-7,12-14,17H,8-11H2,1-4H3,(H3,19,20,21). The third-order valence-electron chi connectivity index (χ3n) is 4.15. The largest absolute Gasteiger partial charge is 0.370 e. The summed E-state index contributed by atoms with van der Waals surface area (Å²) in [6.07, 6.45) is 2.66. The fraction of sp³-hybridized carbons (Fsp3) is 0.611. The lowest BCUT2D eigenvalue weighted by molar-refractivity contribution is 0.218. The minimum Gasteiger partial charge on any atom is -0.370 e. The molecule has 0 aliphatic heterocycles. The molecule has 0 heterocycles. The molecule has 1 aliphatic carbocycles. The predicted octanol–water partition coefficient (Wildman–Crippen LogP) is 3.41. The third-order valence-corrected chi connectivity index (χ3v) is 4.15. The van der Waals surface area contributed by atoms with Crippen molar-refractivity contribution in [2.75, 3.05) is 18.4 Å². The lowest BCUT2D eigenvalue weighted by Crippen LogP contribution is -2.35. The summed E-state index contributed by atoms with van der Waals surface area (Å²) in [4.78, 5) is 6.99. The summed E-state index contributed by atoms with van der Waals surface area (Å²) in [7, 11) is 0. The molecule has 0 amide bonds. The molecule has 22 heavy (non-hydrogen) atoms. The van der Waals surface area contributed by atoms with Gasteiger partial charge in [-0.1, -0.05) is 26.0 Å². The highest BCUT2D eigenvalue weighted by Crippen LogP contribution is 2.28. The second kappa shape index (κ2) is 7.63. The molecule has 122 valence electrons. The number of hydrogen-bond acceptors (Lipinski definition) is 2. The van der Waals surface area contributed by atoms with Crippen LogP contribution in [0, 0.1) is 0 Å². The fourth-order valence-electron chi connectivity index (χ4n) is 2.72. The molecular formula is C18H30N4. The van der Waals surface area contributed by atoms with Gasteiger partial charge in [0.1, 0.15) is 0 Å². The van der Waals surface area contributed by atoms with Crippen LogP contribution in [-0.2, 0) is 0 Å². The van der Waals surface area contributed by atoms with Gasteiger partial charge in [-0.25, -0.2) is 0 Å². The maximum Gasteiger partial charge on any atom is 0.193 e. The average molecular weight is 302 g/mol. The van der Waals surface area contributed by atoms with Crippen LogP contribution in [0.25, 0.3) is 0 Å². The Morgan fingerprint density at radius 3 is 2.64 bits per heavy atom. The minimum atomic E-state index is 0.500. The second-order valence-corrected chi connectivity index (χ2v) is 6.73. The van der Waals surface area contributed by atoms with Crippen LogP contribution in [-0.4, -0.2) is 36.0 Å². The van der Waals surface area contributed by atoms with Gasteiger partial charge in [-0.2, -0.15) is 0 Å². The Kier molecular flexibility index (Phi) is 5.83. The number of rotatable bonds is 7. The van der Waals surface area contributed by atoms with Crippen molar-refractivity contribution in [2.24, 2.45) is 10.7 Å². The number of aliphatic imine (C=N–C) groups is 1. The van der Waals surface area contributed by atoms with E-state index in [2.05, 4.69) is 61.1 Å². The first-order valence-corrected chi connectivity index (χ1v) is 8.40. The van der Waals surface area contributed by atoms with Crippen molar-refractivity contribution in [3.63, 3.8) is 0 Å². The molecule has 0 unspecified atom stereocenters. The average Bonchev–Trinajstić information content (AvgIpc) is 3.28. The van der Waals surface area contributed by atoms with Gasteiger partial charge >= 0.3 is 0 Å². The number of benzene rings is 1. The van der Waals surface area contributed by atoms with Gasteiger partial charge in [-0.3, -0.25) is 9.89 Å². The van der Waals surface area contributed by atoms with Crippen LogP contribution in [0.1, 0.15) is 52.0 Å². The van der Waals surface area contributed by atoms with E-state index in [-0.39, 0.29) is 0 Å². The van der Waals surface area contributed by atoms with Crippen LogP contribution in [0.15, 0.2) is 29.3 Å². The van der Waals surface area contributed by atoms with Crippen molar-refractivity contribution in [1.82, 2.24) is 4.90 Å². The third kappa shape index (κ3) is 5.02. The van der Waals surface area contributed by atoms with Gasteiger partial charge in [0.25, 0.3) is 0 Å². The van der Waals surface area contributed by atoms with Gasteiger partial charge in [0, 0.05) is 24.3 Å². The summed E-state index contributed by atoms with van der Waals surface area (Å²) in [5.74, 6) is 1.01. The van der Waals surface area contributed by atoms with Gasteiger partial charge in [0.2, 0.25) is 0 Å². The topological polar surface area (TPSA) is 53.6 Å². The smallest absolute Gasteiger partial charge is 0.193 e. The molecule has 0 radical (unpaired) electrons. The molecule has 4 nitrogen and oxygen atoms in total. The molecule has 0 bridgehead atoms. The highest BCUT2D eigenvalue weighted by molar-refractivity contribution is 5.92. The molecule has 0 saturated heterocycles. The molecule has 1 aromatic rings. The van der Waals surface area contributed by atoms with Crippen molar-refractivity contribution in [1.29, 1.82) is 0 Å². The van der Waals surface area contributed by atoms with Crippen LogP contribution in [0.5, 0.6) is 0 Å². The SMILES string of the molecule is CC(C)c1cccc(NC(N)=NCCN(C(C)C)C2CC2)c1. The number of hydrogen-bond donors (Lipinski definition) is 2. The first kappa shape index (κ1) is 16.8. The number of nitrogens with two attached hydrogens (primary N) is 1. The Morgan fingerprint density at radius 2 is 2.05 bits per heavy atom. The van der Waals surface area contributed by atoms with Gasteiger partial charge < -0.3 is 11.1 Å². The first-order valence-electron chi connectivity index (χ1n) is 8.40. The number of guanidine groups is 1. The summed E-state index contributed by atoms with van der Waals surface area (Å²) in [6, 6.07) is 9.71. The molecule has 3 N–H and O–H groups in total. The van der Waals surface area contributed by atoms with Crippen LogP contribution in [0.2, 0.25) is 0 Å². The first-order chi connectivity index (χ1) is 10.5. The van der Waals surface area contributed by atoms with Gasteiger partial charge in [0.05, 0.1) is 6.54 Å². The Balaban J connectivity index is 1.85. The summed E-state index contributed by atoms with van der Waals surface area (Å²) in [5, 5.41) is 3.19. The Morgan fingerprint density at radius 1 is 1.32 bits per heavy atom. The van der Waals surface area contributed by atoms with Crippen LogP contribution >= 0.6 is 0 Å². The highest BCUT2D eigenvalue weighted by atomic mass is 15.2. The van der Waals surface area contributed by atoms with Crippen LogP contribution in [0.4, 0.5) is 5.69 Å². The van der Waals surface area contributed by atoms with Crippen molar-refractivity contribution in [3.05, 3.63) is 29.8 Å². The van der Waals surface area contributed by atoms with E-state index in [1.165, 1.54) is 18.4 Å². The lowest BCUT2D eigenvalue weighted by Gasteiger charge is -2.25. The monoisotopic (exact) mass is 302 g/mol. The predicted molar refractivity (Wildman–Crippen MR) is 95.5 cm³/mol. The Labute approximate surface area is 134 Å². The molecule has 1 aliphatic rings. The molecule has 1 fully saturated rings. The lowest BCUT2D eigenvalue weighted by atomic mass is 10.0. The zero-order chi connectivity index (χ0) is 16.1. The molecule has 1 saturated carbocycles. The Hall–Kier alpha value is -1.55. The van der Waals surface area contributed by atoms with E-state index >= 15 is 0 Å². The maximum atomic E-state index is 6.01. The summed E-state index contributed by atoms with van der Waals surface area (Å²) >= 11 is 0. The zero-order valence-electron chi connectivity index (χ0n) is 14.3. The molecule has 4 heteroatoms. The maximum absolute atomic E-state index is 6.01. The Bertz CT molecular complexity index is 502. The minimum absolute atomic E-state index is 0.500. The molecule has 0 atom stereocenters. The van der Waals surface area contributed by atoms with E-state index < -0.39 is 0 Å². The van der Waals surface area contributed by atoms with E-state index in [0.717, 1.165) is 24.8 Å². The van der Waals surface area contributed by atoms with Crippen molar-refractivity contribution < 1.29 is 0 Å². The van der Waals surface area contributed by atoms with Crippen molar-refractivity contribution >= 4 is 11.6 Å². The quantitative estimate of drug-likeness (QED) is 0.599. The fourth-order valence-corrected chi connectivity index (χ4v) is 2.72. The van der Waals surface area contributed by atoms with Crippen LogP contribution < -0.4 is 11.1 Å². The normalized spacial score (nSPS) is 15.9. The van der Waals surface area contributed by atoms with Gasteiger partial charge in [-0.15, -0.1) is 0 Å². The molecule has 2 rings (SSSR count). The summed E-state index contributed by atoms with van der Waals surface area (Å²) in [5.41, 5.74) is 8.32. The van der Waals surface area contributed by atoms with Crippen molar-refractivity contribution in [3.8, 4) is 0 Å². The molecular weight excluding hydrogens is 272 g/mol. The van der Waals surface area contributed by atoms with E-state index in [9.17, 15) is 0 Å².